The largest absolute Gasteiger partial charge is 0.395 e. The number of thiophene rings is 1. The minimum Gasteiger partial charge on any atom is -0.395 e. The molecule has 0 amide bonds. The van der Waals surface area contributed by atoms with E-state index in [1.807, 2.05) is 61.5 Å². The van der Waals surface area contributed by atoms with Crippen molar-refractivity contribution in [2.45, 2.75) is 23.1 Å². The van der Waals surface area contributed by atoms with Crippen LogP contribution in [0.25, 0.3) is 11.1 Å². The maximum atomic E-state index is 12.5. The molecule has 0 spiro atoms. The third-order valence-electron chi connectivity index (χ3n) is 4.46. The van der Waals surface area contributed by atoms with Gasteiger partial charge in [-0.25, -0.2) is 13.1 Å². The molecule has 0 aliphatic rings. The zero-order valence-corrected chi connectivity index (χ0v) is 17.1. The van der Waals surface area contributed by atoms with Gasteiger partial charge in [0, 0.05) is 0 Å². The van der Waals surface area contributed by atoms with Crippen LogP contribution in [0.4, 0.5) is 0 Å². The molecular weight excluding hydrogens is 402 g/mol. The smallest absolute Gasteiger partial charge is 0.250 e. The van der Waals surface area contributed by atoms with E-state index < -0.39 is 16.1 Å². The highest BCUT2D eigenvalue weighted by Crippen LogP contribution is 2.28. The van der Waals surface area contributed by atoms with Gasteiger partial charge in [-0.15, -0.1) is 11.3 Å². The van der Waals surface area contributed by atoms with Gasteiger partial charge in [0.2, 0.25) is 10.0 Å². The molecule has 1 heterocycles. The Morgan fingerprint density at radius 2 is 1.63 bits per heavy atom. The lowest BCUT2D eigenvalue weighted by molar-refractivity contribution is 0.242. The first-order chi connectivity index (χ1) is 12.9. The third-order valence-corrected chi connectivity index (χ3v) is 7.68. The second kappa shape index (κ2) is 8.54. The maximum Gasteiger partial charge on any atom is 0.250 e. The molecule has 4 nitrogen and oxygen atoms in total. The summed E-state index contributed by atoms with van der Waals surface area (Å²) in [6.07, 6.45) is 0. The Bertz CT molecular complexity index is 986. The molecule has 3 aromatic rings. The summed E-state index contributed by atoms with van der Waals surface area (Å²) in [6.45, 7) is 1.59. The number of rotatable bonds is 7. The van der Waals surface area contributed by atoms with Gasteiger partial charge in [-0.1, -0.05) is 73.1 Å². The number of hydrogen-bond acceptors (Lipinski definition) is 4. The van der Waals surface area contributed by atoms with E-state index in [-0.39, 0.29) is 16.7 Å². The maximum absolute atomic E-state index is 12.5. The zero-order valence-electron chi connectivity index (χ0n) is 14.7. The molecule has 0 radical (unpaired) electrons. The summed E-state index contributed by atoms with van der Waals surface area (Å²) in [5.74, 6) is -0.204. The number of benzene rings is 2. The topological polar surface area (TPSA) is 66.4 Å². The van der Waals surface area contributed by atoms with Crippen LogP contribution in [0, 0.1) is 0 Å². The van der Waals surface area contributed by atoms with Gasteiger partial charge < -0.3 is 5.11 Å². The van der Waals surface area contributed by atoms with Crippen molar-refractivity contribution in [2.75, 3.05) is 6.61 Å². The molecule has 2 aromatic carbocycles. The predicted octanol–water partition coefficient (Wildman–Crippen LogP) is 4.51. The molecule has 142 valence electrons. The Kier molecular flexibility index (Phi) is 6.34. The molecule has 0 bridgehead atoms. The third kappa shape index (κ3) is 4.78. The summed E-state index contributed by atoms with van der Waals surface area (Å²) in [6, 6.07) is 20.3. The van der Waals surface area contributed by atoms with E-state index in [2.05, 4.69) is 4.72 Å². The van der Waals surface area contributed by atoms with Crippen LogP contribution in [0.15, 0.2) is 70.9 Å². The van der Waals surface area contributed by atoms with Crippen LogP contribution < -0.4 is 4.72 Å². The van der Waals surface area contributed by atoms with Gasteiger partial charge in [0.05, 0.1) is 17.0 Å². The van der Waals surface area contributed by atoms with E-state index in [9.17, 15) is 13.5 Å². The van der Waals surface area contributed by atoms with Gasteiger partial charge in [0.1, 0.15) is 4.21 Å². The van der Waals surface area contributed by atoms with Crippen LogP contribution in [0.2, 0.25) is 4.34 Å². The molecule has 1 aromatic heterocycles. The Morgan fingerprint density at radius 1 is 1.00 bits per heavy atom. The lowest BCUT2D eigenvalue weighted by Crippen LogP contribution is -2.40. The van der Waals surface area contributed by atoms with Gasteiger partial charge in [-0.2, -0.15) is 0 Å². The standard InChI is InChI=1S/C20H20ClNO3S2/c1-14(15-7-9-17(10-8-15)16-5-3-2-4-6-16)18(13-23)22-27(24,25)20-12-11-19(21)26-20/h2-12,14,18,22-23H,13H2,1H3. The molecule has 2 unspecified atom stereocenters. The van der Waals surface area contributed by atoms with E-state index in [0.29, 0.717) is 4.34 Å². The van der Waals surface area contributed by atoms with Gasteiger partial charge in [0.15, 0.2) is 0 Å². The van der Waals surface area contributed by atoms with Crippen molar-refractivity contribution < 1.29 is 13.5 Å². The molecule has 0 saturated heterocycles. The molecule has 0 aliphatic heterocycles. The lowest BCUT2D eigenvalue weighted by atomic mass is 9.92. The summed E-state index contributed by atoms with van der Waals surface area (Å²) in [7, 11) is -3.73. The summed E-state index contributed by atoms with van der Waals surface area (Å²) in [5, 5.41) is 9.76. The molecule has 7 heteroatoms. The SMILES string of the molecule is CC(c1ccc(-c2ccccc2)cc1)C(CO)NS(=O)(=O)c1ccc(Cl)s1. The van der Waals surface area contributed by atoms with Crippen LogP contribution in [0.5, 0.6) is 0 Å². The van der Waals surface area contributed by atoms with Crippen molar-refractivity contribution in [1.29, 1.82) is 0 Å². The minimum atomic E-state index is -3.73. The zero-order chi connectivity index (χ0) is 19.4. The lowest BCUT2D eigenvalue weighted by Gasteiger charge is -2.23. The van der Waals surface area contributed by atoms with Gasteiger partial charge in [0.25, 0.3) is 0 Å². The Balaban J connectivity index is 1.77. The predicted molar refractivity (Wildman–Crippen MR) is 111 cm³/mol. The Hall–Kier alpha value is -1.70. The van der Waals surface area contributed by atoms with Crippen LogP contribution in [0.1, 0.15) is 18.4 Å². The number of aliphatic hydroxyl groups is 1. The van der Waals surface area contributed by atoms with E-state index in [1.54, 1.807) is 6.07 Å². The van der Waals surface area contributed by atoms with Crippen molar-refractivity contribution in [3.8, 4) is 11.1 Å². The highest BCUT2D eigenvalue weighted by Gasteiger charge is 2.26. The molecular formula is C20H20ClNO3S2. The second-order valence-corrected chi connectivity index (χ2v) is 9.90. The van der Waals surface area contributed by atoms with E-state index in [4.69, 9.17) is 11.6 Å². The Morgan fingerprint density at radius 3 is 2.19 bits per heavy atom. The Labute approximate surface area is 168 Å². The van der Waals surface area contributed by atoms with Crippen molar-refractivity contribution in [3.63, 3.8) is 0 Å². The number of sulfonamides is 1. The highest BCUT2D eigenvalue weighted by molar-refractivity contribution is 7.91. The van der Waals surface area contributed by atoms with E-state index in [0.717, 1.165) is 28.0 Å². The summed E-state index contributed by atoms with van der Waals surface area (Å²) in [5.41, 5.74) is 3.15. The summed E-state index contributed by atoms with van der Waals surface area (Å²) in [4.78, 5) is 0. The molecule has 0 aliphatic carbocycles. The molecule has 27 heavy (non-hydrogen) atoms. The molecule has 2 atom stereocenters. The fourth-order valence-corrected chi connectivity index (χ4v) is 5.65. The van der Waals surface area contributed by atoms with Crippen LogP contribution >= 0.6 is 22.9 Å². The quantitative estimate of drug-likeness (QED) is 0.589. The van der Waals surface area contributed by atoms with Crippen LogP contribution in [-0.2, 0) is 10.0 Å². The number of halogens is 1. The number of hydrogen-bond donors (Lipinski definition) is 2. The van der Waals surface area contributed by atoms with Gasteiger partial charge in [-0.05, 0) is 34.7 Å². The monoisotopic (exact) mass is 421 g/mol. The van der Waals surface area contributed by atoms with Gasteiger partial charge in [-0.3, -0.25) is 0 Å². The number of aliphatic hydroxyl groups excluding tert-OH is 1. The molecule has 0 fully saturated rings. The van der Waals surface area contributed by atoms with Crippen LogP contribution in [-0.4, -0.2) is 26.2 Å². The van der Waals surface area contributed by atoms with Crippen molar-refractivity contribution in [3.05, 3.63) is 76.6 Å². The first-order valence-corrected chi connectivity index (χ1v) is 11.1. The first kappa shape index (κ1) is 20.0. The number of nitrogens with one attached hydrogen (secondary N) is 1. The highest BCUT2D eigenvalue weighted by atomic mass is 35.5. The molecule has 2 N–H and O–H groups in total. The molecule has 0 saturated carbocycles. The van der Waals surface area contributed by atoms with Gasteiger partial charge >= 0.3 is 0 Å². The van der Waals surface area contributed by atoms with Crippen molar-refractivity contribution in [1.82, 2.24) is 4.72 Å². The average molecular weight is 422 g/mol. The van der Waals surface area contributed by atoms with Crippen LogP contribution in [0.3, 0.4) is 0 Å². The second-order valence-electron chi connectivity index (χ2n) is 6.25. The van der Waals surface area contributed by atoms with E-state index in [1.165, 1.54) is 6.07 Å². The average Bonchev–Trinajstić information content (AvgIpc) is 3.14. The fraction of sp³-hybridized carbons (Fsp3) is 0.200. The molecule has 3 rings (SSSR count). The fourth-order valence-electron chi connectivity index (χ4n) is 2.84. The summed E-state index contributed by atoms with van der Waals surface area (Å²) >= 11 is 6.83. The minimum absolute atomic E-state index is 0.137. The van der Waals surface area contributed by atoms with E-state index >= 15 is 0 Å². The first-order valence-electron chi connectivity index (χ1n) is 8.44. The normalized spacial score (nSPS) is 14.0. The van der Waals surface area contributed by atoms with Crippen molar-refractivity contribution in [2.24, 2.45) is 0 Å². The summed E-state index contributed by atoms with van der Waals surface area (Å²) < 4.78 is 28.2. The van der Waals surface area contributed by atoms with Crippen molar-refractivity contribution >= 4 is 33.0 Å².